The first-order valence-corrected chi connectivity index (χ1v) is 6.61. The SMILES string of the molecule is CNC(C)Cc1noc(-c2cccc3cnccc23)n1.Cl. The number of rotatable bonds is 4. The molecule has 21 heavy (non-hydrogen) atoms. The van der Waals surface area contributed by atoms with Crippen LogP contribution < -0.4 is 5.32 Å². The van der Waals surface area contributed by atoms with Crippen LogP contribution in [0.25, 0.3) is 22.2 Å². The van der Waals surface area contributed by atoms with Crippen molar-refractivity contribution in [2.45, 2.75) is 19.4 Å². The van der Waals surface area contributed by atoms with Gasteiger partial charge in [0.05, 0.1) is 0 Å². The van der Waals surface area contributed by atoms with Crippen molar-refractivity contribution in [3.05, 3.63) is 42.5 Å². The van der Waals surface area contributed by atoms with E-state index in [0.717, 1.165) is 22.8 Å². The molecule has 0 radical (unpaired) electrons. The highest BCUT2D eigenvalue weighted by Gasteiger charge is 2.13. The van der Waals surface area contributed by atoms with E-state index in [2.05, 4.69) is 27.4 Å². The van der Waals surface area contributed by atoms with Gasteiger partial charge in [-0.15, -0.1) is 12.4 Å². The lowest BCUT2D eigenvalue weighted by atomic mass is 10.1. The fourth-order valence-electron chi connectivity index (χ4n) is 2.13. The van der Waals surface area contributed by atoms with E-state index in [1.54, 1.807) is 6.20 Å². The lowest BCUT2D eigenvalue weighted by Crippen LogP contribution is -2.24. The van der Waals surface area contributed by atoms with Gasteiger partial charge in [-0.3, -0.25) is 4.98 Å². The zero-order chi connectivity index (χ0) is 13.9. The second-order valence-corrected chi connectivity index (χ2v) is 4.81. The first kappa shape index (κ1) is 15.4. The maximum atomic E-state index is 5.39. The molecule has 1 aromatic carbocycles. The Morgan fingerprint density at radius 2 is 2.14 bits per heavy atom. The Kier molecular flexibility index (Phi) is 4.88. The highest BCUT2D eigenvalue weighted by atomic mass is 35.5. The normalized spacial score (nSPS) is 12.1. The van der Waals surface area contributed by atoms with E-state index in [0.29, 0.717) is 17.8 Å². The molecule has 0 saturated carbocycles. The molecule has 6 heteroatoms. The topological polar surface area (TPSA) is 63.8 Å². The third-order valence-electron chi connectivity index (χ3n) is 3.36. The van der Waals surface area contributed by atoms with Crippen molar-refractivity contribution in [3.63, 3.8) is 0 Å². The minimum atomic E-state index is 0. The standard InChI is InChI=1S/C15H16N4O.ClH/c1-10(16-2)8-14-18-15(20-19-14)13-5-3-4-11-9-17-7-6-12(11)13;/h3-7,9-10,16H,8H2,1-2H3;1H. The van der Waals surface area contributed by atoms with Gasteiger partial charge in [0.1, 0.15) is 0 Å². The molecule has 0 amide bonds. The van der Waals surface area contributed by atoms with Crippen molar-refractivity contribution >= 4 is 23.2 Å². The van der Waals surface area contributed by atoms with E-state index in [4.69, 9.17) is 4.52 Å². The van der Waals surface area contributed by atoms with E-state index in [1.165, 1.54) is 0 Å². The summed E-state index contributed by atoms with van der Waals surface area (Å²) in [5.41, 5.74) is 0.945. The average molecular weight is 305 g/mol. The average Bonchev–Trinajstić information content (AvgIpc) is 2.94. The number of nitrogens with one attached hydrogen (secondary N) is 1. The Bertz CT molecular complexity index is 723. The minimum absolute atomic E-state index is 0. The van der Waals surface area contributed by atoms with Gasteiger partial charge in [-0.1, -0.05) is 17.3 Å². The summed E-state index contributed by atoms with van der Waals surface area (Å²) in [7, 11) is 1.92. The zero-order valence-corrected chi connectivity index (χ0v) is 12.7. The van der Waals surface area contributed by atoms with Gasteiger partial charge in [-0.2, -0.15) is 4.98 Å². The van der Waals surface area contributed by atoms with Crippen LogP contribution in [0.15, 0.2) is 41.2 Å². The van der Waals surface area contributed by atoms with Gasteiger partial charge < -0.3 is 9.84 Å². The smallest absolute Gasteiger partial charge is 0.258 e. The maximum Gasteiger partial charge on any atom is 0.258 e. The van der Waals surface area contributed by atoms with Gasteiger partial charge in [0.15, 0.2) is 5.82 Å². The molecule has 0 fully saturated rings. The van der Waals surface area contributed by atoms with Crippen molar-refractivity contribution in [1.29, 1.82) is 0 Å². The summed E-state index contributed by atoms with van der Waals surface area (Å²) in [6, 6.07) is 8.26. The number of nitrogens with zero attached hydrogens (tertiary/aromatic N) is 3. The van der Waals surface area contributed by atoms with Crippen molar-refractivity contribution < 1.29 is 4.52 Å². The largest absolute Gasteiger partial charge is 0.334 e. The van der Waals surface area contributed by atoms with Gasteiger partial charge in [-0.25, -0.2) is 0 Å². The summed E-state index contributed by atoms with van der Waals surface area (Å²) in [6.07, 6.45) is 4.34. The van der Waals surface area contributed by atoms with Crippen LogP contribution in [0.1, 0.15) is 12.7 Å². The van der Waals surface area contributed by atoms with Crippen LogP contribution in [0.4, 0.5) is 0 Å². The molecule has 110 valence electrons. The Hall–Kier alpha value is -1.98. The number of likely N-dealkylation sites (N-methyl/N-ethyl adjacent to an activating group) is 1. The van der Waals surface area contributed by atoms with Crippen molar-refractivity contribution in [2.75, 3.05) is 7.05 Å². The van der Waals surface area contributed by atoms with Crippen molar-refractivity contribution in [1.82, 2.24) is 20.4 Å². The Labute approximate surface area is 129 Å². The van der Waals surface area contributed by atoms with E-state index in [-0.39, 0.29) is 12.4 Å². The summed E-state index contributed by atoms with van der Waals surface area (Å²) in [5.74, 6) is 1.27. The van der Waals surface area contributed by atoms with Crippen LogP contribution in [0.3, 0.4) is 0 Å². The minimum Gasteiger partial charge on any atom is -0.334 e. The quantitative estimate of drug-likeness (QED) is 0.803. The highest BCUT2D eigenvalue weighted by molar-refractivity contribution is 5.94. The monoisotopic (exact) mass is 304 g/mol. The van der Waals surface area contributed by atoms with Gasteiger partial charge in [-0.05, 0) is 31.5 Å². The summed E-state index contributed by atoms with van der Waals surface area (Å²) in [4.78, 5) is 8.61. The predicted octanol–water partition coefficient (Wildman–Crippen LogP) is 2.86. The van der Waals surface area contributed by atoms with Crippen molar-refractivity contribution in [2.24, 2.45) is 0 Å². The second-order valence-electron chi connectivity index (χ2n) is 4.81. The number of pyridine rings is 1. The van der Waals surface area contributed by atoms with Gasteiger partial charge in [0.2, 0.25) is 0 Å². The molecule has 0 saturated heterocycles. The number of fused-ring (bicyclic) bond motifs is 1. The van der Waals surface area contributed by atoms with Crippen LogP contribution in [0.2, 0.25) is 0 Å². The van der Waals surface area contributed by atoms with Gasteiger partial charge >= 0.3 is 0 Å². The molecule has 0 aliphatic rings. The Morgan fingerprint density at radius 3 is 2.95 bits per heavy atom. The molecule has 1 N–H and O–H groups in total. The number of hydrogen-bond acceptors (Lipinski definition) is 5. The van der Waals surface area contributed by atoms with Gasteiger partial charge in [0, 0.05) is 35.8 Å². The molecule has 0 spiro atoms. The van der Waals surface area contributed by atoms with Gasteiger partial charge in [0.25, 0.3) is 5.89 Å². The molecular weight excluding hydrogens is 288 g/mol. The predicted molar refractivity (Wildman–Crippen MR) is 84.5 cm³/mol. The molecule has 2 heterocycles. The number of aromatic nitrogens is 3. The highest BCUT2D eigenvalue weighted by Crippen LogP contribution is 2.26. The first-order valence-electron chi connectivity index (χ1n) is 6.61. The molecular formula is C15H17ClN4O. The van der Waals surface area contributed by atoms with E-state index >= 15 is 0 Å². The second kappa shape index (κ2) is 6.65. The third kappa shape index (κ3) is 3.20. The summed E-state index contributed by atoms with van der Waals surface area (Å²) in [6.45, 7) is 2.08. The number of halogens is 1. The van der Waals surface area contributed by atoms with E-state index < -0.39 is 0 Å². The Morgan fingerprint density at radius 1 is 1.29 bits per heavy atom. The molecule has 3 aromatic rings. The fraction of sp³-hybridized carbons (Fsp3) is 0.267. The maximum absolute atomic E-state index is 5.39. The summed E-state index contributed by atoms with van der Waals surface area (Å²) >= 11 is 0. The van der Waals surface area contributed by atoms with Crippen LogP contribution >= 0.6 is 12.4 Å². The lowest BCUT2D eigenvalue weighted by molar-refractivity contribution is 0.418. The van der Waals surface area contributed by atoms with E-state index in [1.807, 2.05) is 37.5 Å². The van der Waals surface area contributed by atoms with Crippen molar-refractivity contribution in [3.8, 4) is 11.5 Å². The molecule has 3 rings (SSSR count). The number of benzene rings is 1. The zero-order valence-electron chi connectivity index (χ0n) is 11.9. The first-order chi connectivity index (χ1) is 9.78. The lowest BCUT2D eigenvalue weighted by Gasteiger charge is -2.04. The molecule has 0 bridgehead atoms. The summed E-state index contributed by atoms with van der Waals surface area (Å²) in [5, 5.41) is 9.34. The van der Waals surface area contributed by atoms with Crippen LogP contribution in [-0.2, 0) is 6.42 Å². The van der Waals surface area contributed by atoms with Crippen LogP contribution in [0, 0.1) is 0 Å². The van der Waals surface area contributed by atoms with Crippen LogP contribution in [0.5, 0.6) is 0 Å². The molecule has 1 unspecified atom stereocenters. The molecule has 5 nitrogen and oxygen atoms in total. The molecule has 2 aromatic heterocycles. The summed E-state index contributed by atoms with van der Waals surface area (Å²) < 4.78 is 5.39. The Balaban J connectivity index is 0.00000161. The fourth-order valence-corrected chi connectivity index (χ4v) is 2.13. The molecule has 0 aliphatic carbocycles. The molecule has 0 aliphatic heterocycles. The third-order valence-corrected chi connectivity index (χ3v) is 3.36. The molecule has 1 atom stereocenters. The number of hydrogen-bond donors (Lipinski definition) is 1. The van der Waals surface area contributed by atoms with Crippen LogP contribution in [-0.4, -0.2) is 28.2 Å². The van der Waals surface area contributed by atoms with E-state index in [9.17, 15) is 0 Å².